The van der Waals surface area contributed by atoms with E-state index in [2.05, 4.69) is 17.2 Å². The maximum atomic E-state index is 5.61. The molecule has 0 fully saturated rings. The number of anilines is 1. The molecule has 0 atom stereocenters. The monoisotopic (exact) mass is 226 g/mol. The fraction of sp³-hybridized carbons (Fsp3) is 0.583. The minimum Gasteiger partial charge on any atom is -0.385 e. The zero-order chi connectivity index (χ0) is 10.9. The van der Waals surface area contributed by atoms with Crippen LogP contribution in [-0.4, -0.2) is 17.4 Å². The molecule has 3 heteroatoms. The van der Waals surface area contributed by atoms with Crippen molar-refractivity contribution in [3.05, 3.63) is 24.0 Å². The van der Waals surface area contributed by atoms with Gasteiger partial charge in [0.05, 0.1) is 0 Å². The predicted molar refractivity (Wildman–Crippen MR) is 66.7 cm³/mol. The second kappa shape index (κ2) is 7.52. The summed E-state index contributed by atoms with van der Waals surface area (Å²) in [7, 11) is 0. The van der Waals surface area contributed by atoms with E-state index >= 15 is 0 Å². The molecule has 1 aromatic rings. The molecule has 0 spiro atoms. The summed E-state index contributed by atoms with van der Waals surface area (Å²) >= 11 is 5.61. The van der Waals surface area contributed by atoms with Crippen LogP contribution in [-0.2, 0) is 0 Å². The van der Waals surface area contributed by atoms with Crippen LogP contribution in [0, 0.1) is 6.92 Å². The molecule has 15 heavy (non-hydrogen) atoms. The van der Waals surface area contributed by atoms with Gasteiger partial charge < -0.3 is 5.32 Å². The molecule has 0 bridgehead atoms. The van der Waals surface area contributed by atoms with E-state index in [-0.39, 0.29) is 0 Å². The quantitative estimate of drug-likeness (QED) is 0.568. The predicted octanol–water partition coefficient (Wildman–Crippen LogP) is 3.60. The lowest BCUT2D eigenvalue weighted by atomic mass is 10.2. The zero-order valence-electron chi connectivity index (χ0n) is 9.30. The molecule has 0 aliphatic heterocycles. The van der Waals surface area contributed by atoms with Gasteiger partial charge in [0.1, 0.15) is 0 Å². The number of nitrogens with one attached hydrogen (secondary N) is 1. The minimum absolute atomic E-state index is 0.789. The topological polar surface area (TPSA) is 24.9 Å². The Morgan fingerprint density at radius 2 is 2.07 bits per heavy atom. The van der Waals surface area contributed by atoms with Crippen LogP contribution >= 0.6 is 11.6 Å². The molecule has 0 aromatic carbocycles. The van der Waals surface area contributed by atoms with Crippen molar-refractivity contribution in [2.45, 2.75) is 32.6 Å². The number of unbranched alkanes of at least 4 members (excludes halogenated alkanes) is 3. The van der Waals surface area contributed by atoms with Gasteiger partial charge in [0.25, 0.3) is 0 Å². The summed E-state index contributed by atoms with van der Waals surface area (Å²) in [5.74, 6) is 0.789. The van der Waals surface area contributed by atoms with Crippen molar-refractivity contribution in [2.24, 2.45) is 0 Å². The van der Waals surface area contributed by atoms with Gasteiger partial charge in [-0.25, -0.2) is 0 Å². The van der Waals surface area contributed by atoms with Gasteiger partial charge in [-0.3, -0.25) is 4.98 Å². The third kappa shape index (κ3) is 5.03. The maximum absolute atomic E-state index is 5.61. The van der Waals surface area contributed by atoms with E-state index in [9.17, 15) is 0 Å². The van der Waals surface area contributed by atoms with E-state index in [1.54, 1.807) is 0 Å². The van der Waals surface area contributed by atoms with Crippen LogP contribution in [0.15, 0.2) is 18.5 Å². The third-order valence-electron chi connectivity index (χ3n) is 2.40. The van der Waals surface area contributed by atoms with Crippen molar-refractivity contribution in [3.63, 3.8) is 0 Å². The van der Waals surface area contributed by atoms with Gasteiger partial charge >= 0.3 is 0 Å². The van der Waals surface area contributed by atoms with Crippen molar-refractivity contribution in [2.75, 3.05) is 17.7 Å². The van der Waals surface area contributed by atoms with Gasteiger partial charge in [0.2, 0.25) is 0 Å². The normalized spacial score (nSPS) is 10.3. The number of aromatic nitrogens is 1. The summed E-state index contributed by atoms with van der Waals surface area (Å²) in [5, 5.41) is 3.42. The summed E-state index contributed by atoms with van der Waals surface area (Å²) in [6, 6.07) is 2.02. The molecule has 0 radical (unpaired) electrons. The van der Waals surface area contributed by atoms with Crippen LogP contribution in [0.5, 0.6) is 0 Å². The first kappa shape index (κ1) is 12.3. The van der Waals surface area contributed by atoms with Crippen LogP contribution in [0.3, 0.4) is 0 Å². The van der Waals surface area contributed by atoms with Crippen LogP contribution in [0.1, 0.15) is 31.2 Å². The van der Waals surface area contributed by atoms with E-state index < -0.39 is 0 Å². The van der Waals surface area contributed by atoms with E-state index in [4.69, 9.17) is 11.6 Å². The SMILES string of the molecule is Cc1cnccc1NCCCCCCCl. The molecule has 0 aliphatic rings. The lowest BCUT2D eigenvalue weighted by Crippen LogP contribution is -2.03. The number of nitrogens with zero attached hydrogens (tertiary/aromatic N) is 1. The molecular formula is C12H19ClN2. The summed E-state index contributed by atoms with van der Waals surface area (Å²) in [4.78, 5) is 4.06. The number of rotatable bonds is 7. The van der Waals surface area contributed by atoms with E-state index in [1.165, 1.54) is 30.5 Å². The molecule has 2 nitrogen and oxygen atoms in total. The molecule has 0 unspecified atom stereocenters. The molecular weight excluding hydrogens is 208 g/mol. The van der Waals surface area contributed by atoms with Crippen LogP contribution in [0.2, 0.25) is 0 Å². The highest BCUT2D eigenvalue weighted by Gasteiger charge is 1.95. The Kier molecular flexibility index (Phi) is 6.17. The molecule has 0 saturated carbocycles. The Morgan fingerprint density at radius 3 is 2.80 bits per heavy atom. The van der Waals surface area contributed by atoms with Crippen LogP contribution in [0.25, 0.3) is 0 Å². The van der Waals surface area contributed by atoms with Gasteiger partial charge in [-0.1, -0.05) is 12.8 Å². The maximum Gasteiger partial charge on any atom is 0.0400 e. The molecule has 1 N–H and O–H groups in total. The highest BCUT2D eigenvalue weighted by Crippen LogP contribution is 2.11. The van der Waals surface area contributed by atoms with Crippen molar-refractivity contribution >= 4 is 17.3 Å². The Labute approximate surface area is 97.1 Å². The number of aryl methyl sites for hydroxylation is 1. The number of hydrogen-bond acceptors (Lipinski definition) is 2. The average molecular weight is 227 g/mol. The van der Waals surface area contributed by atoms with Crippen LogP contribution < -0.4 is 5.32 Å². The summed E-state index contributed by atoms with van der Waals surface area (Å²) < 4.78 is 0. The van der Waals surface area contributed by atoms with Crippen molar-refractivity contribution in [1.82, 2.24) is 4.98 Å². The largest absolute Gasteiger partial charge is 0.385 e. The number of hydrogen-bond donors (Lipinski definition) is 1. The standard InChI is InChI=1S/C12H19ClN2/c1-11-10-14-9-6-12(11)15-8-5-3-2-4-7-13/h6,9-10H,2-5,7-8H2,1H3,(H,14,15). The third-order valence-corrected chi connectivity index (χ3v) is 2.66. The lowest BCUT2D eigenvalue weighted by Gasteiger charge is -2.08. The van der Waals surface area contributed by atoms with Gasteiger partial charge in [0, 0.05) is 30.5 Å². The van der Waals surface area contributed by atoms with E-state index in [0.717, 1.165) is 18.8 Å². The Morgan fingerprint density at radius 1 is 1.27 bits per heavy atom. The van der Waals surface area contributed by atoms with Crippen molar-refractivity contribution in [1.29, 1.82) is 0 Å². The van der Waals surface area contributed by atoms with Gasteiger partial charge in [-0.05, 0) is 31.4 Å². The molecule has 1 rings (SSSR count). The molecule has 1 aromatic heterocycles. The highest BCUT2D eigenvalue weighted by atomic mass is 35.5. The Balaban J connectivity index is 2.12. The average Bonchev–Trinajstić information content (AvgIpc) is 2.25. The van der Waals surface area contributed by atoms with Crippen molar-refractivity contribution in [3.8, 4) is 0 Å². The first-order valence-electron chi connectivity index (χ1n) is 5.55. The van der Waals surface area contributed by atoms with E-state index in [0.29, 0.717) is 0 Å². The molecule has 0 saturated heterocycles. The highest BCUT2D eigenvalue weighted by molar-refractivity contribution is 6.17. The fourth-order valence-corrected chi connectivity index (χ4v) is 1.66. The van der Waals surface area contributed by atoms with Gasteiger partial charge in [-0.2, -0.15) is 0 Å². The molecule has 0 aliphatic carbocycles. The second-order valence-electron chi connectivity index (χ2n) is 3.72. The minimum atomic E-state index is 0.789. The lowest BCUT2D eigenvalue weighted by molar-refractivity contribution is 0.687. The van der Waals surface area contributed by atoms with Gasteiger partial charge in [0.15, 0.2) is 0 Å². The molecule has 1 heterocycles. The number of alkyl halides is 1. The summed E-state index contributed by atoms with van der Waals surface area (Å²) in [6.07, 6.45) is 8.54. The Hall–Kier alpha value is -0.760. The summed E-state index contributed by atoms with van der Waals surface area (Å²) in [6.45, 7) is 3.11. The second-order valence-corrected chi connectivity index (χ2v) is 4.10. The van der Waals surface area contributed by atoms with Crippen LogP contribution in [0.4, 0.5) is 5.69 Å². The Bertz CT molecular complexity index is 276. The molecule has 0 amide bonds. The van der Waals surface area contributed by atoms with Crippen molar-refractivity contribution < 1.29 is 0 Å². The first-order valence-corrected chi connectivity index (χ1v) is 6.08. The fourth-order valence-electron chi connectivity index (χ4n) is 1.47. The van der Waals surface area contributed by atoms with E-state index in [1.807, 2.05) is 18.5 Å². The summed E-state index contributed by atoms with van der Waals surface area (Å²) in [5.41, 5.74) is 2.40. The molecule has 84 valence electrons. The van der Waals surface area contributed by atoms with Gasteiger partial charge in [-0.15, -0.1) is 11.6 Å². The number of halogens is 1. The first-order chi connectivity index (χ1) is 7.34. The number of pyridine rings is 1. The smallest absolute Gasteiger partial charge is 0.0400 e. The zero-order valence-corrected chi connectivity index (χ0v) is 10.1.